The molecule has 42 heavy (non-hydrogen) atoms. The van der Waals surface area contributed by atoms with Gasteiger partial charge in [-0.3, -0.25) is 33.9 Å². The van der Waals surface area contributed by atoms with Crippen molar-refractivity contribution < 1.29 is 19.3 Å². The predicted octanol–water partition coefficient (Wildman–Crippen LogP) is 5.21. The van der Waals surface area contributed by atoms with E-state index >= 15 is 0 Å². The maximum absolute atomic E-state index is 13.9. The van der Waals surface area contributed by atoms with E-state index in [-0.39, 0.29) is 22.8 Å². The number of hydrogen-bond donors (Lipinski definition) is 1. The maximum Gasteiger partial charge on any atom is 0.308 e. The van der Waals surface area contributed by atoms with Crippen molar-refractivity contribution in [2.75, 3.05) is 10.2 Å². The van der Waals surface area contributed by atoms with Crippen molar-refractivity contribution in [3.8, 4) is 0 Å². The molecule has 0 bridgehead atoms. The largest absolute Gasteiger partial charge is 0.325 e. The molecular formula is C29H21ClN4O6S2. The minimum absolute atomic E-state index is 0.168. The molecule has 0 spiro atoms. The first kappa shape index (κ1) is 27.9. The molecule has 3 atom stereocenters. The fraction of sp³-hybridized carbons (Fsp3) is 0.172. The lowest BCUT2D eigenvalue weighted by Crippen LogP contribution is -2.33. The first-order valence-electron chi connectivity index (χ1n) is 12.8. The summed E-state index contributed by atoms with van der Waals surface area (Å²) in [5.74, 6) is -2.87. The molecule has 3 aromatic carbocycles. The zero-order chi connectivity index (χ0) is 29.7. The molecule has 0 saturated carbocycles. The van der Waals surface area contributed by atoms with E-state index in [0.29, 0.717) is 26.2 Å². The highest BCUT2D eigenvalue weighted by Crippen LogP contribution is 2.54. The molecule has 2 aliphatic rings. The van der Waals surface area contributed by atoms with Crippen molar-refractivity contribution in [1.82, 2.24) is 4.57 Å². The molecule has 1 N–H and O–H groups in total. The van der Waals surface area contributed by atoms with E-state index in [2.05, 4.69) is 5.32 Å². The number of thiazole rings is 1. The molecule has 0 aliphatic carbocycles. The quantitative estimate of drug-likeness (QED) is 0.178. The predicted molar refractivity (Wildman–Crippen MR) is 160 cm³/mol. The number of anilines is 2. The van der Waals surface area contributed by atoms with Gasteiger partial charge >= 0.3 is 4.87 Å². The zero-order valence-corrected chi connectivity index (χ0v) is 24.2. The number of nitro groups is 1. The summed E-state index contributed by atoms with van der Waals surface area (Å²) in [6, 6.07) is 19.4. The number of carbonyl (C=O) groups excluding carboxylic acids is 3. The van der Waals surface area contributed by atoms with Crippen LogP contribution in [0.5, 0.6) is 0 Å². The van der Waals surface area contributed by atoms with Gasteiger partial charge in [0.25, 0.3) is 5.69 Å². The van der Waals surface area contributed by atoms with Gasteiger partial charge in [-0.2, -0.15) is 0 Å². The van der Waals surface area contributed by atoms with Gasteiger partial charge in [0, 0.05) is 33.6 Å². The van der Waals surface area contributed by atoms with E-state index in [9.17, 15) is 29.3 Å². The van der Waals surface area contributed by atoms with Crippen LogP contribution in [0.25, 0.3) is 0 Å². The highest BCUT2D eigenvalue weighted by Gasteiger charge is 2.56. The SMILES string of the molecule is Cc1cccc(NC(=O)Cn2c3c(sc2=O)[C@@H](c2ccc(Cl)cc2)[C@@H]2C(=O)N(c4ccc([N+](=O)[O-])cc4)C(=O)[C@@H]2S3)c1. The minimum Gasteiger partial charge on any atom is -0.325 e. The molecule has 10 nitrogen and oxygen atoms in total. The second-order valence-corrected chi connectivity index (χ2v) is 12.5. The van der Waals surface area contributed by atoms with E-state index in [1.165, 1.54) is 28.8 Å². The summed E-state index contributed by atoms with van der Waals surface area (Å²) in [6.07, 6.45) is 0. The number of aromatic nitrogens is 1. The van der Waals surface area contributed by atoms with Crippen LogP contribution in [0, 0.1) is 23.0 Å². The molecule has 6 rings (SSSR count). The molecule has 3 amide bonds. The molecule has 1 saturated heterocycles. The van der Waals surface area contributed by atoms with Crippen LogP contribution in [0.2, 0.25) is 5.02 Å². The minimum atomic E-state index is -0.888. The third-order valence-corrected chi connectivity index (χ3v) is 10.1. The summed E-state index contributed by atoms with van der Waals surface area (Å²) >= 11 is 8.18. The van der Waals surface area contributed by atoms with Crippen LogP contribution in [0.15, 0.2) is 82.6 Å². The zero-order valence-electron chi connectivity index (χ0n) is 21.9. The standard InChI is InChI=1S/C29H21ClN4O6S2/c1-15-3-2-4-18(13-15)31-21(35)14-32-28-25(42-29(32)38)22(16-5-7-17(30)8-6-16)23-24(41-28)27(37)33(26(23)36)19-9-11-20(12-10-19)34(39)40/h2-13,22-24H,14H2,1H3,(H,31,35)/t22-,23-,24+/m0/s1. The number of nitrogens with zero attached hydrogens (tertiary/aromatic N) is 3. The van der Waals surface area contributed by atoms with Gasteiger partial charge < -0.3 is 5.32 Å². The monoisotopic (exact) mass is 620 g/mol. The van der Waals surface area contributed by atoms with Crippen molar-refractivity contribution >= 4 is 69.5 Å². The Balaban J connectivity index is 1.40. The number of rotatable bonds is 6. The normalized spacial score (nSPS) is 19.4. The van der Waals surface area contributed by atoms with Crippen LogP contribution in [0.1, 0.15) is 21.9 Å². The molecule has 0 radical (unpaired) electrons. The van der Waals surface area contributed by atoms with E-state index in [1.54, 1.807) is 30.3 Å². The average Bonchev–Trinajstić information content (AvgIpc) is 3.39. The number of benzene rings is 3. The number of imide groups is 1. The lowest BCUT2D eigenvalue weighted by atomic mass is 9.83. The van der Waals surface area contributed by atoms with Crippen LogP contribution in [0.4, 0.5) is 17.1 Å². The summed E-state index contributed by atoms with van der Waals surface area (Å²) in [6.45, 7) is 1.63. The van der Waals surface area contributed by atoms with Crippen molar-refractivity contribution in [2.45, 2.75) is 29.7 Å². The Morgan fingerprint density at radius 3 is 2.40 bits per heavy atom. The van der Waals surface area contributed by atoms with Gasteiger partial charge in [0.2, 0.25) is 17.7 Å². The van der Waals surface area contributed by atoms with Gasteiger partial charge in [-0.1, -0.05) is 59.0 Å². The number of nitro benzene ring substituents is 1. The van der Waals surface area contributed by atoms with Crippen LogP contribution in [0.3, 0.4) is 0 Å². The van der Waals surface area contributed by atoms with Gasteiger partial charge in [0.1, 0.15) is 11.8 Å². The smallest absolute Gasteiger partial charge is 0.308 e. The Hall–Kier alpha value is -4.26. The van der Waals surface area contributed by atoms with E-state index in [4.69, 9.17) is 11.6 Å². The Labute approximate surface area is 252 Å². The van der Waals surface area contributed by atoms with Gasteiger partial charge in [-0.15, -0.1) is 0 Å². The fourth-order valence-electron chi connectivity index (χ4n) is 5.33. The molecule has 0 unspecified atom stereocenters. The molecule has 4 aromatic rings. The van der Waals surface area contributed by atoms with Gasteiger partial charge in [0.15, 0.2) is 0 Å². The number of aryl methyl sites for hydroxylation is 1. The number of fused-ring (bicyclic) bond motifs is 2. The summed E-state index contributed by atoms with van der Waals surface area (Å²) in [7, 11) is 0. The summed E-state index contributed by atoms with van der Waals surface area (Å²) in [4.78, 5) is 65.8. The number of halogens is 1. The summed E-state index contributed by atoms with van der Waals surface area (Å²) < 4.78 is 1.35. The van der Waals surface area contributed by atoms with Crippen molar-refractivity contribution in [2.24, 2.45) is 5.92 Å². The highest BCUT2D eigenvalue weighted by molar-refractivity contribution is 8.00. The highest BCUT2D eigenvalue weighted by atomic mass is 35.5. The third kappa shape index (κ3) is 4.91. The number of amides is 3. The van der Waals surface area contributed by atoms with Crippen molar-refractivity contribution in [3.05, 3.63) is 114 Å². The number of thioether (sulfide) groups is 1. The molecule has 3 heterocycles. The first-order valence-corrected chi connectivity index (χ1v) is 14.8. The topological polar surface area (TPSA) is 132 Å². The third-order valence-electron chi connectivity index (χ3n) is 7.20. The average molecular weight is 621 g/mol. The van der Waals surface area contributed by atoms with E-state index in [0.717, 1.165) is 33.6 Å². The van der Waals surface area contributed by atoms with Crippen molar-refractivity contribution in [1.29, 1.82) is 0 Å². The second kappa shape index (κ2) is 10.9. The van der Waals surface area contributed by atoms with Crippen LogP contribution < -0.4 is 15.1 Å². The summed E-state index contributed by atoms with van der Waals surface area (Å²) in [5, 5.41) is 14.0. The molecule has 2 aliphatic heterocycles. The van der Waals surface area contributed by atoms with Crippen LogP contribution in [-0.4, -0.2) is 32.5 Å². The molecule has 1 fully saturated rings. The van der Waals surface area contributed by atoms with E-state index in [1.807, 2.05) is 25.1 Å². The Kier molecular flexibility index (Phi) is 7.21. The lowest BCUT2D eigenvalue weighted by molar-refractivity contribution is -0.384. The van der Waals surface area contributed by atoms with Gasteiger partial charge in [-0.25, -0.2) is 4.90 Å². The second-order valence-electron chi connectivity index (χ2n) is 9.92. The number of carbonyl (C=O) groups is 3. The molecule has 1 aromatic heterocycles. The number of hydrogen-bond acceptors (Lipinski definition) is 8. The fourth-order valence-corrected chi connectivity index (χ4v) is 8.23. The first-order chi connectivity index (χ1) is 20.1. The van der Waals surface area contributed by atoms with Gasteiger partial charge in [-0.05, 0) is 54.4 Å². The van der Waals surface area contributed by atoms with Crippen LogP contribution in [-0.2, 0) is 20.9 Å². The molecule has 13 heteroatoms. The lowest BCUT2D eigenvalue weighted by Gasteiger charge is -2.30. The Morgan fingerprint density at radius 2 is 1.74 bits per heavy atom. The number of non-ortho nitro benzene ring substituents is 1. The van der Waals surface area contributed by atoms with Crippen LogP contribution >= 0.6 is 34.7 Å². The maximum atomic E-state index is 13.9. The van der Waals surface area contributed by atoms with Crippen molar-refractivity contribution in [3.63, 3.8) is 0 Å². The Bertz CT molecular complexity index is 1820. The molecule has 212 valence electrons. The summed E-state index contributed by atoms with van der Waals surface area (Å²) in [5.41, 5.74) is 2.31. The number of nitrogens with one attached hydrogen (secondary N) is 1. The van der Waals surface area contributed by atoms with Gasteiger partial charge in [0.05, 0.1) is 21.6 Å². The Morgan fingerprint density at radius 1 is 1.02 bits per heavy atom. The molecular weight excluding hydrogens is 600 g/mol. The van der Waals surface area contributed by atoms with E-state index < -0.39 is 39.7 Å².